The molecule has 0 aliphatic rings. The monoisotopic (exact) mass is 465 g/mol. The number of hydrogen-bond acceptors (Lipinski definition) is 4. The van der Waals surface area contributed by atoms with Gasteiger partial charge in [0.1, 0.15) is 23.7 Å². The van der Waals surface area contributed by atoms with E-state index in [1.165, 1.54) is 6.92 Å². The highest BCUT2D eigenvalue weighted by atomic mass is 35.5. The van der Waals surface area contributed by atoms with Crippen LogP contribution in [0.3, 0.4) is 0 Å². The fourth-order valence-electron chi connectivity index (χ4n) is 2.59. The lowest BCUT2D eigenvalue weighted by molar-refractivity contribution is -0.137. The van der Waals surface area contributed by atoms with Gasteiger partial charge in [0.2, 0.25) is 5.88 Å². The van der Waals surface area contributed by atoms with Crippen molar-refractivity contribution in [2.24, 2.45) is 0 Å². The maximum absolute atomic E-state index is 13.7. The molecule has 0 N–H and O–H groups in total. The first-order chi connectivity index (χ1) is 14.4. The average Bonchev–Trinajstić information content (AvgIpc) is 2.65. The predicted molar refractivity (Wildman–Crippen MR) is 97.9 cm³/mol. The second kappa shape index (κ2) is 8.22. The lowest BCUT2D eigenvalue weighted by atomic mass is 10.2. The van der Waals surface area contributed by atoms with Crippen molar-refractivity contribution in [3.8, 4) is 11.6 Å². The number of nitrogens with zero attached hydrogens (tertiary/aromatic N) is 3. The van der Waals surface area contributed by atoms with Crippen molar-refractivity contribution in [3.63, 3.8) is 0 Å². The van der Waals surface area contributed by atoms with Gasteiger partial charge >= 0.3 is 12.5 Å². The minimum absolute atomic E-state index is 0.0295. The molecule has 1 aromatic heterocycles. The number of hydrogen-bond donors (Lipinski definition) is 0. The largest absolute Gasteiger partial charge is 0.490 e. The average molecular weight is 466 g/mol. The summed E-state index contributed by atoms with van der Waals surface area (Å²) in [5, 5.41) is -0.571. The van der Waals surface area contributed by atoms with E-state index in [-0.39, 0.29) is 16.2 Å². The van der Waals surface area contributed by atoms with Crippen molar-refractivity contribution in [1.82, 2.24) is 9.97 Å². The minimum Gasteiger partial charge on any atom is -0.439 e. The zero-order valence-electron chi connectivity index (χ0n) is 15.4. The molecule has 0 aliphatic heterocycles. The van der Waals surface area contributed by atoms with Gasteiger partial charge in [0.15, 0.2) is 0 Å². The quantitative estimate of drug-likeness (QED) is 0.306. The molecule has 1 heterocycles. The molecular weight excluding hydrogens is 455 g/mol. The molecule has 31 heavy (non-hydrogen) atoms. The lowest BCUT2D eigenvalue weighted by Crippen LogP contribution is -2.34. The zero-order valence-corrected chi connectivity index (χ0v) is 16.1. The van der Waals surface area contributed by atoms with Gasteiger partial charge in [-0.3, -0.25) is 0 Å². The molecule has 2 aromatic carbocycles. The van der Waals surface area contributed by atoms with E-state index in [1.807, 2.05) is 0 Å². The summed E-state index contributed by atoms with van der Waals surface area (Å²) < 4.78 is 98.8. The van der Waals surface area contributed by atoms with Crippen LogP contribution in [0.5, 0.6) is 11.6 Å². The van der Waals surface area contributed by atoms with Crippen molar-refractivity contribution < 1.29 is 35.5 Å². The normalized spacial score (nSPS) is 12.0. The van der Waals surface area contributed by atoms with Crippen LogP contribution in [-0.4, -0.2) is 16.3 Å². The lowest BCUT2D eigenvalue weighted by Gasteiger charge is -2.26. The van der Waals surface area contributed by atoms with E-state index in [0.29, 0.717) is 6.07 Å². The molecule has 12 heteroatoms. The van der Waals surface area contributed by atoms with Gasteiger partial charge in [-0.25, -0.2) is 19.3 Å². The number of anilines is 2. The Morgan fingerprint density at radius 3 is 2.26 bits per heavy atom. The molecule has 0 aliphatic carbocycles. The van der Waals surface area contributed by atoms with Gasteiger partial charge in [-0.15, -0.1) is 13.2 Å². The number of benzene rings is 2. The molecule has 3 aromatic rings. The maximum Gasteiger partial charge on any atom is 0.490 e. The first kappa shape index (κ1) is 22.6. The Balaban J connectivity index is 1.99. The van der Waals surface area contributed by atoms with Gasteiger partial charge in [0.05, 0.1) is 16.3 Å². The zero-order chi connectivity index (χ0) is 23.0. The highest BCUT2D eigenvalue weighted by molar-refractivity contribution is 6.31. The second-order valence-corrected chi connectivity index (χ2v) is 6.60. The van der Waals surface area contributed by atoms with Crippen LogP contribution in [0, 0.1) is 12.7 Å². The standard InChI is InChI=1S/C19H11ClF7N3O/c1-10-6-11(2-5-15(10)21)30(19(25,26)27)16-8-17(29-9-28-16)31-12-3-4-14(20)13(7-12)18(22,23)24/h2-9H,1H3. The highest BCUT2D eigenvalue weighted by Gasteiger charge is 2.40. The Labute approximate surface area is 175 Å². The van der Waals surface area contributed by atoms with Gasteiger partial charge in [-0.05, 0) is 48.9 Å². The number of ether oxygens (including phenoxy) is 1. The molecule has 164 valence electrons. The van der Waals surface area contributed by atoms with Gasteiger partial charge < -0.3 is 4.74 Å². The van der Waals surface area contributed by atoms with Crippen molar-refractivity contribution in [2.45, 2.75) is 19.4 Å². The third-order valence-corrected chi connectivity index (χ3v) is 4.31. The Morgan fingerprint density at radius 1 is 0.935 bits per heavy atom. The molecule has 0 amide bonds. The van der Waals surface area contributed by atoms with Crippen LogP contribution in [0.2, 0.25) is 5.02 Å². The summed E-state index contributed by atoms with van der Waals surface area (Å²) in [6.45, 7) is 1.29. The molecule has 0 saturated carbocycles. The first-order valence-electron chi connectivity index (χ1n) is 8.36. The van der Waals surface area contributed by atoms with E-state index in [1.54, 1.807) is 0 Å². The molecule has 0 atom stereocenters. The molecule has 0 radical (unpaired) electrons. The van der Waals surface area contributed by atoms with Crippen molar-refractivity contribution in [1.29, 1.82) is 0 Å². The van der Waals surface area contributed by atoms with Gasteiger partial charge in [-0.1, -0.05) is 11.6 Å². The first-order valence-corrected chi connectivity index (χ1v) is 8.74. The number of aromatic nitrogens is 2. The summed E-state index contributed by atoms with van der Waals surface area (Å²) in [7, 11) is 0. The summed E-state index contributed by atoms with van der Waals surface area (Å²) in [6.07, 6.45) is -8.97. The summed E-state index contributed by atoms with van der Waals surface area (Å²) in [6, 6.07) is 6.17. The van der Waals surface area contributed by atoms with Crippen molar-refractivity contribution in [2.75, 3.05) is 4.90 Å². The minimum atomic E-state index is -4.96. The Bertz CT molecular complexity index is 1100. The van der Waals surface area contributed by atoms with E-state index in [2.05, 4.69) is 9.97 Å². The molecule has 3 rings (SSSR count). The highest BCUT2D eigenvalue weighted by Crippen LogP contribution is 2.39. The molecule has 4 nitrogen and oxygen atoms in total. The molecule has 0 saturated heterocycles. The molecular formula is C19H11ClF7N3O. The number of aryl methyl sites for hydroxylation is 1. The number of alkyl halides is 6. The van der Waals surface area contributed by atoms with E-state index in [9.17, 15) is 30.7 Å². The third-order valence-electron chi connectivity index (χ3n) is 3.98. The predicted octanol–water partition coefficient (Wildman–Crippen LogP) is 7.05. The van der Waals surface area contributed by atoms with Crippen LogP contribution < -0.4 is 9.64 Å². The number of rotatable bonds is 4. The van der Waals surface area contributed by atoms with Crippen LogP contribution in [0.15, 0.2) is 48.8 Å². The summed E-state index contributed by atoms with van der Waals surface area (Å²) in [5.74, 6) is -2.18. The Kier molecular flexibility index (Phi) is 5.99. The van der Waals surface area contributed by atoms with E-state index in [4.69, 9.17) is 16.3 Å². The fourth-order valence-corrected chi connectivity index (χ4v) is 2.82. The topological polar surface area (TPSA) is 38.2 Å². The van der Waals surface area contributed by atoms with E-state index in [0.717, 1.165) is 42.7 Å². The van der Waals surface area contributed by atoms with Crippen LogP contribution >= 0.6 is 11.6 Å². The van der Waals surface area contributed by atoms with Crippen molar-refractivity contribution in [3.05, 3.63) is 70.8 Å². The van der Waals surface area contributed by atoms with Gasteiger partial charge in [0.25, 0.3) is 0 Å². The number of halogens is 8. The van der Waals surface area contributed by atoms with Gasteiger partial charge in [-0.2, -0.15) is 13.2 Å². The summed E-state index contributed by atoms with van der Waals surface area (Å²) >= 11 is 5.53. The van der Waals surface area contributed by atoms with Crippen LogP contribution in [0.1, 0.15) is 11.1 Å². The fraction of sp³-hybridized carbons (Fsp3) is 0.158. The summed E-state index contributed by atoms with van der Waals surface area (Å²) in [5.41, 5.74) is -1.64. The smallest absolute Gasteiger partial charge is 0.439 e. The maximum atomic E-state index is 13.7. The molecule has 0 unspecified atom stereocenters. The van der Waals surface area contributed by atoms with Crippen molar-refractivity contribution >= 4 is 23.1 Å². The SMILES string of the molecule is Cc1cc(N(c2cc(Oc3ccc(Cl)c(C(F)(F)F)c3)ncn2)C(F)(F)F)ccc1F. The van der Waals surface area contributed by atoms with E-state index < -0.39 is 46.3 Å². The Morgan fingerprint density at radius 2 is 1.65 bits per heavy atom. The van der Waals surface area contributed by atoms with Crippen LogP contribution in [-0.2, 0) is 6.18 Å². The summed E-state index contributed by atoms with van der Waals surface area (Å²) in [4.78, 5) is 7.06. The van der Waals surface area contributed by atoms with Gasteiger partial charge in [0, 0.05) is 6.07 Å². The molecule has 0 spiro atoms. The molecule has 0 fully saturated rings. The van der Waals surface area contributed by atoms with Crippen LogP contribution in [0.25, 0.3) is 0 Å². The molecule has 0 bridgehead atoms. The van der Waals surface area contributed by atoms with E-state index >= 15 is 0 Å². The Hall–Kier alpha value is -3.08. The third kappa shape index (κ3) is 5.16. The van der Waals surface area contributed by atoms with Crippen LogP contribution in [0.4, 0.5) is 42.2 Å². The second-order valence-electron chi connectivity index (χ2n) is 6.19.